The van der Waals surface area contributed by atoms with Crippen molar-refractivity contribution in [3.8, 4) is 0 Å². The van der Waals surface area contributed by atoms with E-state index < -0.39 is 4.33 Å². The summed E-state index contributed by atoms with van der Waals surface area (Å²) >= 11 is 15.3. The average molecular weight is 381 g/mol. The molecule has 7 heteroatoms. The van der Waals surface area contributed by atoms with E-state index in [1.54, 1.807) is 11.1 Å². The van der Waals surface area contributed by atoms with Crippen molar-refractivity contribution >= 4 is 50.9 Å². The van der Waals surface area contributed by atoms with Gasteiger partial charge in [0.2, 0.25) is 5.91 Å². The molecule has 20 heavy (non-hydrogen) atoms. The third kappa shape index (κ3) is 3.85. The smallest absolute Gasteiger partial charge is 0.234 e. The highest BCUT2D eigenvalue weighted by atomic mass is 79.9. The molecular formula is C13H16BrCl2N3O. The average Bonchev–Trinajstić information content (AvgIpc) is 3.00. The van der Waals surface area contributed by atoms with E-state index in [2.05, 4.69) is 20.9 Å². The molecule has 0 aromatic carbocycles. The minimum absolute atomic E-state index is 0.0633. The summed E-state index contributed by atoms with van der Waals surface area (Å²) in [7, 11) is 3.92. The summed E-state index contributed by atoms with van der Waals surface area (Å²) in [5.41, 5.74) is 0. The highest BCUT2D eigenvalue weighted by Crippen LogP contribution is 2.54. The van der Waals surface area contributed by atoms with Crippen molar-refractivity contribution in [1.82, 2.24) is 9.88 Å². The van der Waals surface area contributed by atoms with E-state index in [4.69, 9.17) is 23.2 Å². The summed E-state index contributed by atoms with van der Waals surface area (Å²) in [6, 6.07) is 3.67. The Morgan fingerprint density at radius 3 is 2.55 bits per heavy atom. The Bertz CT molecular complexity index is 493. The van der Waals surface area contributed by atoms with Gasteiger partial charge in [0.1, 0.15) is 10.2 Å². The maximum absolute atomic E-state index is 12.5. The van der Waals surface area contributed by atoms with Crippen LogP contribution in [-0.4, -0.2) is 47.3 Å². The highest BCUT2D eigenvalue weighted by Gasteiger charge is 2.57. The molecule has 0 spiro atoms. The zero-order valence-corrected chi connectivity index (χ0v) is 14.4. The Balaban J connectivity index is 2.16. The fraction of sp³-hybridized carbons (Fsp3) is 0.538. The molecule has 1 aliphatic rings. The molecular weight excluding hydrogens is 365 g/mol. The van der Waals surface area contributed by atoms with Crippen LogP contribution in [0.25, 0.3) is 0 Å². The predicted octanol–water partition coefficient (Wildman–Crippen LogP) is 2.93. The van der Waals surface area contributed by atoms with Gasteiger partial charge in [-0.15, -0.1) is 23.2 Å². The number of nitrogens with zero attached hydrogens (tertiary/aromatic N) is 3. The molecule has 110 valence electrons. The number of alkyl halides is 2. The summed E-state index contributed by atoms with van der Waals surface area (Å²) in [6.07, 6.45) is 2.18. The molecule has 1 aromatic heterocycles. The third-order valence-corrected chi connectivity index (χ3v) is 4.45. The summed E-state index contributed by atoms with van der Waals surface area (Å²) in [4.78, 5) is 20.5. The fourth-order valence-corrected chi connectivity index (χ4v) is 2.56. The maximum atomic E-state index is 12.5. The van der Waals surface area contributed by atoms with Crippen molar-refractivity contribution < 1.29 is 4.79 Å². The first kappa shape index (κ1) is 16.0. The quantitative estimate of drug-likeness (QED) is 0.737. The van der Waals surface area contributed by atoms with Crippen LogP contribution in [-0.2, 0) is 4.79 Å². The van der Waals surface area contributed by atoms with Crippen molar-refractivity contribution in [3.05, 3.63) is 22.8 Å². The van der Waals surface area contributed by atoms with Crippen molar-refractivity contribution in [2.24, 2.45) is 5.92 Å². The van der Waals surface area contributed by atoms with Gasteiger partial charge < -0.3 is 4.90 Å². The molecule has 1 heterocycles. The molecule has 1 fully saturated rings. The minimum atomic E-state index is -0.914. The summed E-state index contributed by atoms with van der Waals surface area (Å²) in [6.45, 7) is 1.30. The number of pyridine rings is 1. The van der Waals surface area contributed by atoms with E-state index in [0.29, 0.717) is 18.8 Å². The number of hydrogen-bond acceptors (Lipinski definition) is 3. The number of halogens is 3. The van der Waals surface area contributed by atoms with Gasteiger partial charge in [0.05, 0.1) is 5.92 Å². The van der Waals surface area contributed by atoms with Gasteiger partial charge in [-0.3, -0.25) is 9.69 Å². The molecule has 1 aromatic rings. The van der Waals surface area contributed by atoms with Crippen LogP contribution in [0.15, 0.2) is 22.8 Å². The second-order valence-electron chi connectivity index (χ2n) is 5.15. The Morgan fingerprint density at radius 1 is 1.45 bits per heavy atom. The number of hydrogen-bond donors (Lipinski definition) is 0. The molecule has 0 radical (unpaired) electrons. The van der Waals surface area contributed by atoms with Crippen LogP contribution in [0, 0.1) is 5.92 Å². The van der Waals surface area contributed by atoms with E-state index in [9.17, 15) is 4.79 Å². The van der Waals surface area contributed by atoms with Gasteiger partial charge in [-0.2, -0.15) is 0 Å². The van der Waals surface area contributed by atoms with Crippen molar-refractivity contribution in [2.75, 3.05) is 32.1 Å². The van der Waals surface area contributed by atoms with Crippen LogP contribution in [0.3, 0.4) is 0 Å². The van der Waals surface area contributed by atoms with Crippen LogP contribution in [0.4, 0.5) is 5.82 Å². The summed E-state index contributed by atoms with van der Waals surface area (Å²) in [5, 5.41) is 0. The molecule has 1 amide bonds. The normalized spacial score (nSPS) is 20.0. The maximum Gasteiger partial charge on any atom is 0.234 e. The SMILES string of the molecule is CN(C)CCN(C(=O)[C@H]1CC1(Cl)Cl)c1ccc(Br)cn1. The Hall–Kier alpha value is -0.360. The molecule has 1 saturated carbocycles. The van der Waals surface area contributed by atoms with Gasteiger partial charge in [-0.25, -0.2) is 4.98 Å². The van der Waals surface area contributed by atoms with E-state index in [1.165, 1.54) is 0 Å². The lowest BCUT2D eigenvalue weighted by molar-refractivity contribution is -0.119. The molecule has 1 aliphatic carbocycles. The second-order valence-corrected chi connectivity index (χ2v) is 7.60. The van der Waals surface area contributed by atoms with Crippen LogP contribution in [0.1, 0.15) is 6.42 Å². The molecule has 0 N–H and O–H groups in total. The van der Waals surface area contributed by atoms with E-state index >= 15 is 0 Å². The first-order valence-corrected chi connectivity index (χ1v) is 7.81. The number of aromatic nitrogens is 1. The topological polar surface area (TPSA) is 36.4 Å². The lowest BCUT2D eigenvalue weighted by atomic mass is 10.3. The predicted molar refractivity (Wildman–Crippen MR) is 85.4 cm³/mol. The number of carbonyl (C=O) groups is 1. The monoisotopic (exact) mass is 379 g/mol. The standard InChI is InChI=1S/C13H16BrCl2N3O/c1-18(2)5-6-19(11-4-3-9(14)8-17-11)12(20)10-7-13(10,15)16/h3-4,8,10H,5-7H2,1-2H3/t10-/m1/s1. The van der Waals surface area contributed by atoms with Gasteiger partial charge in [0.25, 0.3) is 0 Å². The van der Waals surface area contributed by atoms with E-state index in [-0.39, 0.29) is 11.8 Å². The second kappa shape index (κ2) is 6.18. The van der Waals surface area contributed by atoms with Gasteiger partial charge in [-0.1, -0.05) is 0 Å². The largest absolute Gasteiger partial charge is 0.308 e. The van der Waals surface area contributed by atoms with Gasteiger partial charge in [0, 0.05) is 23.8 Å². The van der Waals surface area contributed by atoms with Crippen molar-refractivity contribution in [1.29, 1.82) is 0 Å². The van der Waals surface area contributed by atoms with Gasteiger partial charge in [0.15, 0.2) is 0 Å². The molecule has 0 aliphatic heterocycles. The van der Waals surface area contributed by atoms with Crippen molar-refractivity contribution in [2.45, 2.75) is 10.8 Å². The van der Waals surface area contributed by atoms with Crippen molar-refractivity contribution in [3.63, 3.8) is 0 Å². The number of anilines is 1. The molecule has 2 rings (SSSR count). The van der Waals surface area contributed by atoms with Crippen LogP contribution < -0.4 is 4.90 Å². The number of carbonyl (C=O) groups excluding carboxylic acids is 1. The van der Waals surface area contributed by atoms with E-state index in [1.807, 2.05) is 31.1 Å². The van der Waals surface area contributed by atoms with Crippen LogP contribution in [0.5, 0.6) is 0 Å². The number of amides is 1. The zero-order valence-electron chi connectivity index (χ0n) is 11.3. The van der Waals surface area contributed by atoms with Crippen LogP contribution >= 0.6 is 39.1 Å². The lowest BCUT2D eigenvalue weighted by Gasteiger charge is -2.24. The Labute approximate surface area is 137 Å². The van der Waals surface area contributed by atoms with Crippen LogP contribution in [0.2, 0.25) is 0 Å². The Morgan fingerprint density at radius 2 is 2.10 bits per heavy atom. The number of likely N-dealkylation sites (N-methyl/N-ethyl adjacent to an activating group) is 1. The zero-order chi connectivity index (χ0) is 14.9. The van der Waals surface area contributed by atoms with E-state index in [0.717, 1.165) is 11.0 Å². The first-order chi connectivity index (χ1) is 9.31. The number of rotatable bonds is 5. The molecule has 0 saturated heterocycles. The molecule has 4 nitrogen and oxygen atoms in total. The minimum Gasteiger partial charge on any atom is -0.308 e. The molecule has 0 unspecified atom stereocenters. The van der Waals surface area contributed by atoms with Gasteiger partial charge in [-0.05, 0) is 48.6 Å². The molecule has 1 atom stereocenters. The summed E-state index contributed by atoms with van der Waals surface area (Å²) < 4.78 is -0.0419. The third-order valence-electron chi connectivity index (χ3n) is 3.15. The molecule has 0 bridgehead atoms. The fourth-order valence-electron chi connectivity index (χ4n) is 1.83. The Kier molecular flexibility index (Phi) is 4.95. The first-order valence-electron chi connectivity index (χ1n) is 6.27. The highest BCUT2D eigenvalue weighted by molar-refractivity contribution is 9.10. The summed E-state index contributed by atoms with van der Waals surface area (Å²) in [5.74, 6) is 0.223. The lowest BCUT2D eigenvalue weighted by Crippen LogP contribution is -2.39. The van der Waals surface area contributed by atoms with Gasteiger partial charge >= 0.3 is 0 Å².